The lowest BCUT2D eigenvalue weighted by molar-refractivity contribution is -0.115. The molecule has 1 N–H and O–H groups in total. The molecule has 0 saturated carbocycles. The molecule has 1 aromatic rings. The van der Waals surface area contributed by atoms with E-state index in [0.29, 0.717) is 30.2 Å². The van der Waals surface area contributed by atoms with Gasteiger partial charge in [0, 0.05) is 20.2 Å². The third-order valence-corrected chi connectivity index (χ3v) is 2.94. The second kappa shape index (κ2) is 4.91. The zero-order chi connectivity index (χ0) is 13.3. The van der Waals surface area contributed by atoms with Gasteiger partial charge < -0.3 is 14.9 Å². The van der Waals surface area contributed by atoms with Gasteiger partial charge in [0.05, 0.1) is 6.20 Å². The molecule has 0 saturated heterocycles. The van der Waals surface area contributed by atoms with E-state index in [-0.39, 0.29) is 17.8 Å². The molecule has 2 heterocycles. The van der Waals surface area contributed by atoms with E-state index in [0.717, 1.165) is 0 Å². The van der Waals surface area contributed by atoms with Gasteiger partial charge in [0.1, 0.15) is 11.4 Å². The molecule has 1 aromatic heterocycles. The summed E-state index contributed by atoms with van der Waals surface area (Å²) in [6, 6.07) is 0. The third-order valence-electron chi connectivity index (χ3n) is 2.75. The Balaban J connectivity index is 2.47. The molecule has 0 bridgehead atoms. The summed E-state index contributed by atoms with van der Waals surface area (Å²) < 4.78 is 0. The fraction of sp³-hybridized carbons (Fsp3) is 0.364. The van der Waals surface area contributed by atoms with Crippen molar-refractivity contribution in [3.63, 3.8) is 0 Å². The molecule has 7 heteroatoms. The Morgan fingerprint density at radius 3 is 2.94 bits per heavy atom. The summed E-state index contributed by atoms with van der Waals surface area (Å²) in [4.78, 5) is 23.1. The highest BCUT2D eigenvalue weighted by molar-refractivity contribution is 6.28. The van der Waals surface area contributed by atoms with Gasteiger partial charge in [-0.25, -0.2) is 4.98 Å². The van der Waals surface area contributed by atoms with Gasteiger partial charge in [-0.05, 0) is 18.0 Å². The molecule has 6 nitrogen and oxygen atoms in total. The Morgan fingerprint density at radius 1 is 1.56 bits per heavy atom. The van der Waals surface area contributed by atoms with Crippen LogP contribution in [0.4, 0.5) is 11.5 Å². The standard InChI is InChI=1S/C11H13ClN4O2/c1-7-10(18)15(2)8-6-13-11(12)14-9(8)16(7)4-3-5-17/h6,17H,1,3-5H2,2H3. The van der Waals surface area contributed by atoms with Crippen molar-refractivity contribution >= 4 is 29.0 Å². The van der Waals surface area contributed by atoms with Crippen LogP contribution in [-0.4, -0.2) is 41.2 Å². The molecular weight excluding hydrogens is 256 g/mol. The number of hydrogen-bond acceptors (Lipinski definition) is 5. The van der Waals surface area contributed by atoms with Crippen molar-refractivity contribution in [2.75, 3.05) is 30.0 Å². The Morgan fingerprint density at radius 2 is 2.28 bits per heavy atom. The SMILES string of the molecule is C=C1C(=O)N(C)c2cnc(Cl)nc2N1CCCO. The van der Waals surface area contributed by atoms with E-state index in [1.54, 1.807) is 11.9 Å². The topological polar surface area (TPSA) is 69.6 Å². The molecule has 1 aliphatic heterocycles. The largest absolute Gasteiger partial charge is 0.396 e. The minimum atomic E-state index is -0.216. The second-order valence-electron chi connectivity index (χ2n) is 3.89. The number of aromatic nitrogens is 2. The van der Waals surface area contributed by atoms with E-state index in [2.05, 4.69) is 16.5 Å². The van der Waals surface area contributed by atoms with Crippen molar-refractivity contribution in [3.05, 3.63) is 23.8 Å². The van der Waals surface area contributed by atoms with Crippen LogP contribution >= 0.6 is 11.6 Å². The van der Waals surface area contributed by atoms with E-state index in [4.69, 9.17) is 16.7 Å². The summed E-state index contributed by atoms with van der Waals surface area (Å²) in [7, 11) is 1.63. The Labute approximate surface area is 110 Å². The maximum Gasteiger partial charge on any atom is 0.274 e. The molecule has 1 amide bonds. The number of carbonyl (C=O) groups is 1. The summed E-state index contributed by atoms with van der Waals surface area (Å²) in [6.45, 7) is 4.24. The zero-order valence-electron chi connectivity index (χ0n) is 9.93. The molecule has 0 unspecified atom stereocenters. The smallest absolute Gasteiger partial charge is 0.274 e. The monoisotopic (exact) mass is 268 g/mol. The Bertz CT molecular complexity index is 506. The van der Waals surface area contributed by atoms with Gasteiger partial charge in [0.15, 0.2) is 5.82 Å². The summed E-state index contributed by atoms with van der Waals surface area (Å²) >= 11 is 5.78. The number of aliphatic hydroxyl groups is 1. The van der Waals surface area contributed by atoms with Gasteiger partial charge in [0.25, 0.3) is 5.91 Å². The summed E-state index contributed by atoms with van der Waals surface area (Å²) in [6.07, 6.45) is 2.01. The number of rotatable bonds is 3. The van der Waals surface area contributed by atoms with Crippen molar-refractivity contribution in [2.45, 2.75) is 6.42 Å². The maximum absolute atomic E-state index is 12.0. The number of amides is 1. The average Bonchev–Trinajstić information content (AvgIpc) is 2.36. The van der Waals surface area contributed by atoms with E-state index >= 15 is 0 Å². The van der Waals surface area contributed by atoms with Gasteiger partial charge in [-0.2, -0.15) is 4.98 Å². The second-order valence-corrected chi connectivity index (χ2v) is 4.23. The van der Waals surface area contributed by atoms with Crippen molar-refractivity contribution in [1.82, 2.24) is 9.97 Å². The lowest BCUT2D eigenvalue weighted by atomic mass is 10.2. The van der Waals surface area contributed by atoms with Crippen molar-refractivity contribution in [3.8, 4) is 0 Å². The van der Waals surface area contributed by atoms with E-state index < -0.39 is 0 Å². The molecule has 1 aliphatic rings. The molecule has 18 heavy (non-hydrogen) atoms. The fourth-order valence-electron chi connectivity index (χ4n) is 1.80. The first-order valence-corrected chi connectivity index (χ1v) is 5.82. The van der Waals surface area contributed by atoms with Crippen LogP contribution in [0.1, 0.15) is 6.42 Å². The van der Waals surface area contributed by atoms with Gasteiger partial charge >= 0.3 is 0 Å². The number of anilines is 2. The van der Waals surface area contributed by atoms with Crippen LogP contribution in [-0.2, 0) is 4.79 Å². The average molecular weight is 269 g/mol. The lowest BCUT2D eigenvalue weighted by Gasteiger charge is -2.35. The Kier molecular flexibility index (Phi) is 3.49. The predicted molar refractivity (Wildman–Crippen MR) is 68.6 cm³/mol. The van der Waals surface area contributed by atoms with Crippen LogP contribution in [0.15, 0.2) is 18.5 Å². The minimum Gasteiger partial charge on any atom is -0.396 e. The van der Waals surface area contributed by atoms with E-state index in [1.807, 2.05) is 0 Å². The molecule has 0 spiro atoms. The van der Waals surface area contributed by atoms with E-state index in [1.165, 1.54) is 11.1 Å². The molecule has 96 valence electrons. The normalized spacial score (nSPS) is 15.1. The molecule has 0 aliphatic carbocycles. The summed E-state index contributed by atoms with van der Waals surface area (Å²) in [5.41, 5.74) is 0.892. The first kappa shape index (κ1) is 12.8. The quantitative estimate of drug-likeness (QED) is 0.649. The highest BCUT2D eigenvalue weighted by Gasteiger charge is 2.31. The van der Waals surface area contributed by atoms with Crippen molar-refractivity contribution < 1.29 is 9.90 Å². The van der Waals surface area contributed by atoms with Crippen LogP contribution in [0.5, 0.6) is 0 Å². The van der Waals surface area contributed by atoms with Crippen LogP contribution in [0.2, 0.25) is 5.28 Å². The lowest BCUT2D eigenvalue weighted by Crippen LogP contribution is -2.42. The molecule has 0 fully saturated rings. The van der Waals surface area contributed by atoms with Crippen molar-refractivity contribution in [1.29, 1.82) is 0 Å². The summed E-state index contributed by atoms with van der Waals surface area (Å²) in [5, 5.41) is 9.00. The third kappa shape index (κ3) is 2.04. The highest BCUT2D eigenvalue weighted by atomic mass is 35.5. The minimum absolute atomic E-state index is 0.0297. The van der Waals surface area contributed by atoms with Gasteiger partial charge in [-0.3, -0.25) is 4.79 Å². The number of halogens is 1. The van der Waals surface area contributed by atoms with Crippen LogP contribution in [0.25, 0.3) is 0 Å². The number of hydrogen-bond donors (Lipinski definition) is 1. The number of aliphatic hydroxyl groups excluding tert-OH is 1. The van der Waals surface area contributed by atoms with Crippen molar-refractivity contribution in [2.24, 2.45) is 0 Å². The van der Waals surface area contributed by atoms with Gasteiger partial charge in [0.2, 0.25) is 5.28 Å². The van der Waals surface area contributed by atoms with Gasteiger partial charge in [-0.15, -0.1) is 0 Å². The van der Waals surface area contributed by atoms with Gasteiger partial charge in [-0.1, -0.05) is 6.58 Å². The molecular formula is C11H13ClN4O2. The summed E-state index contributed by atoms with van der Waals surface area (Å²) in [5.74, 6) is 0.321. The van der Waals surface area contributed by atoms with Crippen LogP contribution in [0, 0.1) is 0 Å². The van der Waals surface area contributed by atoms with Crippen LogP contribution < -0.4 is 9.80 Å². The molecule has 0 aromatic carbocycles. The van der Waals surface area contributed by atoms with Crippen LogP contribution in [0.3, 0.4) is 0 Å². The predicted octanol–water partition coefficient (Wildman–Crippen LogP) is 0.809. The first-order valence-electron chi connectivity index (χ1n) is 5.44. The highest BCUT2D eigenvalue weighted by Crippen LogP contribution is 2.34. The molecule has 2 rings (SSSR count). The zero-order valence-corrected chi connectivity index (χ0v) is 10.7. The maximum atomic E-state index is 12.0. The number of carbonyl (C=O) groups excluding carboxylic acids is 1. The number of nitrogens with zero attached hydrogens (tertiary/aromatic N) is 4. The molecule has 0 atom stereocenters. The number of likely N-dealkylation sites (N-methyl/N-ethyl adjacent to an activating group) is 1. The fourth-order valence-corrected chi connectivity index (χ4v) is 1.93. The first-order chi connectivity index (χ1) is 8.56. The van der Waals surface area contributed by atoms with E-state index in [9.17, 15) is 4.79 Å². The molecule has 0 radical (unpaired) electrons. The Hall–Kier alpha value is -1.66. The number of fused-ring (bicyclic) bond motifs is 1.